The van der Waals surface area contributed by atoms with Gasteiger partial charge in [0, 0.05) is 25.4 Å². The maximum absolute atomic E-state index is 11.9. The van der Waals surface area contributed by atoms with Gasteiger partial charge in [-0.3, -0.25) is 9.48 Å². The molecule has 1 aromatic heterocycles. The first-order valence-corrected chi connectivity index (χ1v) is 6.24. The number of hydrogen-bond acceptors (Lipinski definition) is 3. The van der Waals surface area contributed by atoms with E-state index in [0.29, 0.717) is 6.54 Å². The average Bonchev–Trinajstić information content (AvgIpc) is 2.58. The molecule has 0 saturated carbocycles. The summed E-state index contributed by atoms with van der Waals surface area (Å²) in [6.07, 6.45) is 8.17. The lowest BCUT2D eigenvalue weighted by Gasteiger charge is -2.14. The van der Waals surface area contributed by atoms with Crippen molar-refractivity contribution in [2.24, 2.45) is 7.05 Å². The Morgan fingerprint density at radius 3 is 3.24 bits per heavy atom. The van der Waals surface area contributed by atoms with Gasteiger partial charge in [-0.05, 0) is 19.4 Å². The number of nitrogens with zero attached hydrogens (tertiary/aromatic N) is 2. The van der Waals surface area contributed by atoms with Gasteiger partial charge in [0.25, 0.3) is 0 Å². The van der Waals surface area contributed by atoms with Gasteiger partial charge in [0.1, 0.15) is 0 Å². The summed E-state index contributed by atoms with van der Waals surface area (Å²) in [7, 11) is 1.87. The van der Waals surface area contributed by atoms with Gasteiger partial charge in [0.2, 0.25) is 5.91 Å². The van der Waals surface area contributed by atoms with Crippen molar-refractivity contribution in [3.63, 3.8) is 0 Å². The van der Waals surface area contributed by atoms with Crippen molar-refractivity contribution >= 4 is 5.91 Å². The second-order valence-electron chi connectivity index (χ2n) is 4.60. The zero-order chi connectivity index (χ0) is 12.1. The molecule has 2 rings (SSSR count). The Balaban J connectivity index is 1.79. The molecule has 1 aromatic rings. The minimum Gasteiger partial charge on any atom is -0.351 e. The van der Waals surface area contributed by atoms with E-state index in [4.69, 9.17) is 0 Å². The van der Waals surface area contributed by atoms with Crippen LogP contribution in [0.25, 0.3) is 0 Å². The second kappa shape index (κ2) is 5.82. The summed E-state index contributed by atoms with van der Waals surface area (Å²) >= 11 is 0. The van der Waals surface area contributed by atoms with Crippen LogP contribution in [-0.4, -0.2) is 28.3 Å². The standard InChI is InChI=1S/C12H20N4O/c1-16-9-10(8-15-16)7-14-12(17)11-5-3-2-4-6-13-11/h8-9,11,13H,2-7H2,1H3,(H,14,17). The molecule has 1 saturated heterocycles. The Kier molecular flexibility index (Phi) is 4.14. The first kappa shape index (κ1) is 12.1. The molecule has 0 spiro atoms. The van der Waals surface area contributed by atoms with Gasteiger partial charge < -0.3 is 10.6 Å². The topological polar surface area (TPSA) is 59.0 Å². The molecule has 1 fully saturated rings. The Morgan fingerprint density at radius 2 is 2.47 bits per heavy atom. The third-order valence-electron chi connectivity index (χ3n) is 3.10. The molecule has 94 valence electrons. The van der Waals surface area contributed by atoms with E-state index in [2.05, 4.69) is 15.7 Å². The Hall–Kier alpha value is -1.36. The van der Waals surface area contributed by atoms with E-state index in [1.54, 1.807) is 10.9 Å². The van der Waals surface area contributed by atoms with Gasteiger partial charge in [-0.15, -0.1) is 0 Å². The van der Waals surface area contributed by atoms with E-state index in [-0.39, 0.29) is 11.9 Å². The van der Waals surface area contributed by atoms with Crippen molar-refractivity contribution in [1.29, 1.82) is 0 Å². The van der Waals surface area contributed by atoms with Gasteiger partial charge >= 0.3 is 0 Å². The predicted octanol–water partition coefficient (Wildman–Crippen LogP) is 0.568. The van der Waals surface area contributed by atoms with Crippen LogP contribution < -0.4 is 10.6 Å². The summed E-state index contributed by atoms with van der Waals surface area (Å²) < 4.78 is 1.74. The van der Waals surface area contributed by atoms with Crippen LogP contribution in [0.4, 0.5) is 0 Å². The van der Waals surface area contributed by atoms with E-state index in [9.17, 15) is 4.79 Å². The smallest absolute Gasteiger partial charge is 0.237 e. The number of carbonyl (C=O) groups is 1. The van der Waals surface area contributed by atoms with Crippen LogP contribution in [0.1, 0.15) is 31.2 Å². The lowest BCUT2D eigenvalue weighted by atomic mass is 10.1. The number of nitrogens with one attached hydrogen (secondary N) is 2. The molecule has 1 amide bonds. The van der Waals surface area contributed by atoms with E-state index in [1.807, 2.05) is 13.2 Å². The number of aromatic nitrogens is 2. The molecule has 0 radical (unpaired) electrons. The highest BCUT2D eigenvalue weighted by Crippen LogP contribution is 2.08. The van der Waals surface area contributed by atoms with Crippen LogP contribution in [0.5, 0.6) is 0 Å². The fraction of sp³-hybridized carbons (Fsp3) is 0.667. The zero-order valence-corrected chi connectivity index (χ0v) is 10.3. The van der Waals surface area contributed by atoms with E-state index in [0.717, 1.165) is 24.9 Å². The van der Waals surface area contributed by atoms with Crippen LogP contribution in [0.2, 0.25) is 0 Å². The Morgan fingerprint density at radius 1 is 1.59 bits per heavy atom. The fourth-order valence-corrected chi connectivity index (χ4v) is 2.13. The summed E-state index contributed by atoms with van der Waals surface area (Å²) in [5.74, 6) is 0.107. The minimum atomic E-state index is -0.0193. The van der Waals surface area contributed by atoms with Crippen molar-refractivity contribution < 1.29 is 4.79 Å². The Bertz CT molecular complexity index is 366. The average molecular weight is 236 g/mol. The molecule has 1 aliphatic heterocycles. The normalized spacial score (nSPS) is 20.9. The molecule has 17 heavy (non-hydrogen) atoms. The summed E-state index contributed by atoms with van der Waals surface area (Å²) in [5, 5.41) is 10.3. The van der Waals surface area contributed by atoms with E-state index < -0.39 is 0 Å². The van der Waals surface area contributed by atoms with Gasteiger partial charge in [0.05, 0.1) is 12.2 Å². The van der Waals surface area contributed by atoms with Crippen molar-refractivity contribution in [2.45, 2.75) is 38.3 Å². The van der Waals surface area contributed by atoms with Gasteiger partial charge in [-0.25, -0.2) is 0 Å². The minimum absolute atomic E-state index is 0.0193. The van der Waals surface area contributed by atoms with Crippen molar-refractivity contribution in [3.8, 4) is 0 Å². The van der Waals surface area contributed by atoms with Crippen molar-refractivity contribution in [1.82, 2.24) is 20.4 Å². The van der Waals surface area contributed by atoms with Crippen LogP contribution >= 0.6 is 0 Å². The van der Waals surface area contributed by atoms with E-state index in [1.165, 1.54) is 12.8 Å². The molecule has 0 bridgehead atoms. The van der Waals surface area contributed by atoms with Crippen molar-refractivity contribution in [3.05, 3.63) is 18.0 Å². The first-order chi connectivity index (χ1) is 8.25. The van der Waals surface area contributed by atoms with Crippen LogP contribution in [0.15, 0.2) is 12.4 Å². The largest absolute Gasteiger partial charge is 0.351 e. The molecule has 5 heteroatoms. The number of hydrogen-bond donors (Lipinski definition) is 2. The van der Waals surface area contributed by atoms with Crippen LogP contribution in [-0.2, 0) is 18.4 Å². The summed E-state index contributed by atoms with van der Waals surface area (Å²) in [6, 6.07) is -0.0193. The zero-order valence-electron chi connectivity index (χ0n) is 10.3. The Labute approximate surface area is 102 Å². The maximum atomic E-state index is 11.9. The molecule has 1 aliphatic rings. The van der Waals surface area contributed by atoms with Crippen molar-refractivity contribution in [2.75, 3.05) is 6.54 Å². The first-order valence-electron chi connectivity index (χ1n) is 6.24. The van der Waals surface area contributed by atoms with Crippen LogP contribution in [0, 0.1) is 0 Å². The maximum Gasteiger partial charge on any atom is 0.237 e. The molecule has 1 atom stereocenters. The SMILES string of the molecule is Cn1cc(CNC(=O)C2CCCCCN2)cn1. The van der Waals surface area contributed by atoms with Gasteiger partial charge in [-0.2, -0.15) is 5.10 Å². The molecule has 2 heterocycles. The number of carbonyl (C=O) groups excluding carboxylic acids is 1. The number of rotatable bonds is 3. The number of amides is 1. The molecular formula is C12H20N4O. The second-order valence-corrected chi connectivity index (χ2v) is 4.60. The molecule has 5 nitrogen and oxygen atoms in total. The lowest BCUT2D eigenvalue weighted by molar-refractivity contribution is -0.123. The summed E-state index contributed by atoms with van der Waals surface area (Å²) in [6.45, 7) is 1.51. The molecular weight excluding hydrogens is 216 g/mol. The molecule has 1 unspecified atom stereocenters. The van der Waals surface area contributed by atoms with Gasteiger partial charge in [-0.1, -0.05) is 12.8 Å². The quantitative estimate of drug-likeness (QED) is 0.806. The highest BCUT2D eigenvalue weighted by molar-refractivity contribution is 5.81. The summed E-state index contributed by atoms with van der Waals surface area (Å²) in [4.78, 5) is 11.9. The fourth-order valence-electron chi connectivity index (χ4n) is 2.13. The highest BCUT2D eigenvalue weighted by Gasteiger charge is 2.18. The molecule has 0 aliphatic carbocycles. The predicted molar refractivity (Wildman–Crippen MR) is 65.3 cm³/mol. The summed E-state index contributed by atoms with van der Waals surface area (Å²) in [5.41, 5.74) is 1.04. The third kappa shape index (κ3) is 3.56. The third-order valence-corrected chi connectivity index (χ3v) is 3.10. The highest BCUT2D eigenvalue weighted by atomic mass is 16.2. The lowest BCUT2D eigenvalue weighted by Crippen LogP contribution is -2.43. The molecule has 2 N–H and O–H groups in total. The van der Waals surface area contributed by atoms with E-state index >= 15 is 0 Å². The number of aryl methyl sites for hydroxylation is 1. The van der Waals surface area contributed by atoms with Gasteiger partial charge in [0.15, 0.2) is 0 Å². The monoisotopic (exact) mass is 236 g/mol. The molecule has 0 aromatic carbocycles. The van der Waals surface area contributed by atoms with Crippen LogP contribution in [0.3, 0.4) is 0 Å².